The lowest BCUT2D eigenvalue weighted by Crippen LogP contribution is -2.35. The summed E-state index contributed by atoms with van der Waals surface area (Å²) in [7, 11) is 0. The Morgan fingerprint density at radius 1 is 1.56 bits per heavy atom. The molecule has 1 amide bonds. The number of benzene rings is 1. The standard InChI is InChI=1S/C12H18FN3O2/c1-2-16(5-6-17)8-12(18)15-11-7-9(14)3-4-10(11)13/h3-4,7,17H,2,5-6,8,14H2,1H3,(H,15,18). The molecular formula is C12H18FN3O2. The summed E-state index contributed by atoms with van der Waals surface area (Å²) in [6.45, 7) is 3.00. The highest BCUT2D eigenvalue weighted by Crippen LogP contribution is 2.17. The van der Waals surface area contributed by atoms with E-state index in [1.54, 1.807) is 4.90 Å². The zero-order valence-electron chi connectivity index (χ0n) is 10.3. The molecule has 0 fully saturated rings. The van der Waals surface area contributed by atoms with Gasteiger partial charge in [-0.05, 0) is 24.7 Å². The Balaban J connectivity index is 2.61. The van der Waals surface area contributed by atoms with Gasteiger partial charge in [0.15, 0.2) is 0 Å². The predicted molar refractivity (Wildman–Crippen MR) is 68.6 cm³/mol. The Morgan fingerprint density at radius 2 is 2.28 bits per heavy atom. The highest BCUT2D eigenvalue weighted by Gasteiger charge is 2.11. The lowest BCUT2D eigenvalue weighted by atomic mass is 10.2. The number of nitrogens with one attached hydrogen (secondary N) is 1. The summed E-state index contributed by atoms with van der Waals surface area (Å²) in [6.07, 6.45) is 0. The quantitative estimate of drug-likeness (QED) is 0.652. The fourth-order valence-electron chi connectivity index (χ4n) is 1.52. The number of aliphatic hydroxyl groups excluding tert-OH is 1. The molecule has 0 aliphatic rings. The lowest BCUT2D eigenvalue weighted by Gasteiger charge is -2.18. The average Bonchev–Trinajstić information content (AvgIpc) is 2.33. The van der Waals surface area contributed by atoms with Crippen molar-refractivity contribution in [2.75, 3.05) is 37.3 Å². The molecule has 0 spiro atoms. The molecule has 0 atom stereocenters. The van der Waals surface area contributed by atoms with E-state index >= 15 is 0 Å². The minimum absolute atomic E-state index is 0.0201. The third-order valence-electron chi connectivity index (χ3n) is 2.50. The molecule has 5 nitrogen and oxygen atoms in total. The van der Waals surface area contributed by atoms with Crippen LogP contribution in [0.2, 0.25) is 0 Å². The Kier molecular flexibility index (Phi) is 5.54. The second-order valence-corrected chi connectivity index (χ2v) is 3.88. The molecule has 0 aliphatic heterocycles. The molecule has 18 heavy (non-hydrogen) atoms. The van der Waals surface area contributed by atoms with E-state index < -0.39 is 5.82 Å². The number of rotatable bonds is 6. The van der Waals surface area contributed by atoms with Gasteiger partial charge in [0.2, 0.25) is 5.91 Å². The number of nitrogens with zero attached hydrogens (tertiary/aromatic N) is 1. The summed E-state index contributed by atoms with van der Waals surface area (Å²) in [4.78, 5) is 13.4. The lowest BCUT2D eigenvalue weighted by molar-refractivity contribution is -0.117. The highest BCUT2D eigenvalue weighted by molar-refractivity contribution is 5.92. The molecule has 0 unspecified atom stereocenters. The normalized spacial score (nSPS) is 10.7. The third-order valence-corrected chi connectivity index (χ3v) is 2.50. The monoisotopic (exact) mass is 255 g/mol. The number of carbonyl (C=O) groups excluding carboxylic acids is 1. The van der Waals surface area contributed by atoms with E-state index in [2.05, 4.69) is 5.32 Å². The maximum Gasteiger partial charge on any atom is 0.238 e. The first-order valence-electron chi connectivity index (χ1n) is 5.75. The smallest absolute Gasteiger partial charge is 0.238 e. The summed E-state index contributed by atoms with van der Waals surface area (Å²) in [5.41, 5.74) is 5.97. The van der Waals surface area contributed by atoms with Crippen LogP contribution in [0.5, 0.6) is 0 Å². The number of anilines is 2. The van der Waals surface area contributed by atoms with Crippen LogP contribution in [0, 0.1) is 5.82 Å². The molecule has 0 saturated carbocycles. The molecule has 100 valence electrons. The van der Waals surface area contributed by atoms with E-state index in [1.165, 1.54) is 18.2 Å². The molecule has 0 heterocycles. The zero-order chi connectivity index (χ0) is 13.5. The maximum atomic E-state index is 13.4. The molecular weight excluding hydrogens is 237 g/mol. The van der Waals surface area contributed by atoms with Gasteiger partial charge in [-0.15, -0.1) is 0 Å². The first kappa shape index (κ1) is 14.4. The van der Waals surface area contributed by atoms with Crippen molar-refractivity contribution in [1.82, 2.24) is 4.90 Å². The number of halogens is 1. The van der Waals surface area contributed by atoms with E-state index in [0.29, 0.717) is 18.8 Å². The van der Waals surface area contributed by atoms with Crippen LogP contribution in [-0.2, 0) is 4.79 Å². The molecule has 1 rings (SSSR count). The van der Waals surface area contributed by atoms with Crippen LogP contribution in [-0.4, -0.2) is 42.2 Å². The van der Waals surface area contributed by atoms with Crippen LogP contribution in [0.4, 0.5) is 15.8 Å². The number of nitrogens with two attached hydrogens (primary N) is 1. The average molecular weight is 255 g/mol. The fraction of sp³-hybridized carbons (Fsp3) is 0.417. The molecule has 0 saturated heterocycles. The third kappa shape index (κ3) is 4.31. The maximum absolute atomic E-state index is 13.4. The minimum Gasteiger partial charge on any atom is -0.399 e. The Morgan fingerprint density at radius 3 is 2.89 bits per heavy atom. The number of aliphatic hydroxyl groups is 1. The van der Waals surface area contributed by atoms with Crippen molar-refractivity contribution < 1.29 is 14.3 Å². The van der Waals surface area contributed by atoms with Crippen LogP contribution in [0.25, 0.3) is 0 Å². The van der Waals surface area contributed by atoms with Crippen molar-refractivity contribution in [1.29, 1.82) is 0 Å². The molecule has 0 aromatic heterocycles. The van der Waals surface area contributed by atoms with Gasteiger partial charge in [0, 0.05) is 12.2 Å². The second kappa shape index (κ2) is 6.93. The molecule has 0 aliphatic carbocycles. The number of carbonyl (C=O) groups is 1. The van der Waals surface area contributed by atoms with Gasteiger partial charge in [-0.3, -0.25) is 9.69 Å². The van der Waals surface area contributed by atoms with Gasteiger partial charge in [0.05, 0.1) is 18.8 Å². The van der Waals surface area contributed by atoms with Crippen molar-refractivity contribution in [3.8, 4) is 0 Å². The van der Waals surface area contributed by atoms with Crippen molar-refractivity contribution >= 4 is 17.3 Å². The van der Waals surface area contributed by atoms with E-state index in [4.69, 9.17) is 10.8 Å². The summed E-state index contributed by atoms with van der Waals surface area (Å²) < 4.78 is 13.4. The Bertz CT molecular complexity index is 412. The summed E-state index contributed by atoms with van der Waals surface area (Å²) >= 11 is 0. The molecule has 0 bridgehead atoms. The van der Waals surface area contributed by atoms with E-state index in [1.807, 2.05) is 6.92 Å². The summed E-state index contributed by atoms with van der Waals surface area (Å²) in [5, 5.41) is 11.3. The molecule has 6 heteroatoms. The minimum atomic E-state index is -0.525. The highest BCUT2D eigenvalue weighted by atomic mass is 19.1. The van der Waals surface area contributed by atoms with Crippen molar-refractivity contribution in [2.45, 2.75) is 6.92 Å². The fourth-order valence-corrected chi connectivity index (χ4v) is 1.52. The van der Waals surface area contributed by atoms with Crippen LogP contribution < -0.4 is 11.1 Å². The van der Waals surface area contributed by atoms with Crippen LogP contribution in [0.3, 0.4) is 0 Å². The first-order chi connectivity index (χ1) is 8.56. The Labute approximate surface area is 105 Å². The van der Waals surface area contributed by atoms with Gasteiger partial charge in [0.1, 0.15) is 5.82 Å². The van der Waals surface area contributed by atoms with Crippen molar-refractivity contribution in [2.24, 2.45) is 0 Å². The summed E-state index contributed by atoms with van der Waals surface area (Å²) in [6, 6.07) is 4.00. The van der Waals surface area contributed by atoms with Crippen LogP contribution >= 0.6 is 0 Å². The van der Waals surface area contributed by atoms with Crippen molar-refractivity contribution in [3.05, 3.63) is 24.0 Å². The van der Waals surface area contributed by atoms with E-state index in [-0.39, 0.29) is 24.7 Å². The van der Waals surface area contributed by atoms with Gasteiger partial charge < -0.3 is 16.2 Å². The summed E-state index contributed by atoms with van der Waals surface area (Å²) in [5.74, 6) is -0.863. The van der Waals surface area contributed by atoms with Gasteiger partial charge in [-0.2, -0.15) is 0 Å². The van der Waals surface area contributed by atoms with E-state index in [0.717, 1.165) is 0 Å². The number of hydrogen-bond acceptors (Lipinski definition) is 4. The molecule has 1 aromatic rings. The number of nitrogen functional groups attached to an aromatic ring is 1. The van der Waals surface area contributed by atoms with Crippen molar-refractivity contribution in [3.63, 3.8) is 0 Å². The first-order valence-corrected chi connectivity index (χ1v) is 5.75. The Hall–Kier alpha value is -1.66. The largest absolute Gasteiger partial charge is 0.399 e. The van der Waals surface area contributed by atoms with Gasteiger partial charge in [-0.25, -0.2) is 4.39 Å². The van der Waals surface area contributed by atoms with E-state index in [9.17, 15) is 9.18 Å². The second-order valence-electron chi connectivity index (χ2n) is 3.88. The number of amides is 1. The zero-order valence-corrected chi connectivity index (χ0v) is 10.3. The number of likely N-dealkylation sites (N-methyl/N-ethyl adjacent to an activating group) is 1. The van der Waals surface area contributed by atoms with Gasteiger partial charge >= 0.3 is 0 Å². The van der Waals surface area contributed by atoms with Crippen LogP contribution in [0.15, 0.2) is 18.2 Å². The SMILES string of the molecule is CCN(CCO)CC(=O)Nc1cc(N)ccc1F. The van der Waals surface area contributed by atoms with Crippen LogP contribution in [0.1, 0.15) is 6.92 Å². The van der Waals surface area contributed by atoms with Gasteiger partial charge in [-0.1, -0.05) is 6.92 Å². The number of hydrogen-bond donors (Lipinski definition) is 3. The molecule has 1 aromatic carbocycles. The predicted octanol–water partition coefficient (Wildman–Crippen LogP) is 0.661. The topological polar surface area (TPSA) is 78.6 Å². The van der Waals surface area contributed by atoms with Gasteiger partial charge in [0.25, 0.3) is 0 Å². The molecule has 0 radical (unpaired) electrons. The molecule has 4 N–H and O–H groups in total.